The summed E-state index contributed by atoms with van der Waals surface area (Å²) in [5.74, 6) is -1.46. The van der Waals surface area contributed by atoms with E-state index in [2.05, 4.69) is 0 Å². The third-order valence-electron chi connectivity index (χ3n) is 4.85. The number of nitrogens with one attached hydrogen (secondary N) is 1. The summed E-state index contributed by atoms with van der Waals surface area (Å²) in [6.07, 6.45) is 6.74. The molecule has 2 rings (SSSR count). The molecule has 1 N–H and O–H groups in total. The van der Waals surface area contributed by atoms with E-state index in [0.29, 0.717) is 5.92 Å². The number of benzene rings is 1. The minimum absolute atomic E-state index is 0.0595. The van der Waals surface area contributed by atoms with Crippen LogP contribution in [-0.4, -0.2) is 38.8 Å². The van der Waals surface area contributed by atoms with Gasteiger partial charge in [0, 0.05) is 20.2 Å². The van der Waals surface area contributed by atoms with E-state index < -0.39 is 27.5 Å². The van der Waals surface area contributed by atoms with Crippen LogP contribution in [0, 0.1) is 11.7 Å². The molecule has 9 heteroatoms. The molecule has 6 nitrogen and oxygen atoms in total. The Balaban J connectivity index is 2.15. The molecule has 0 radical (unpaired) electrons. The molecular formula is C18H26ClFN2O4S. The summed E-state index contributed by atoms with van der Waals surface area (Å²) in [7, 11) is -1.52. The minimum atomic E-state index is -4.03. The average Bonchev–Trinajstić information content (AvgIpc) is 2.86. The molecule has 0 aromatic heterocycles. The third-order valence-corrected chi connectivity index (χ3v) is 6.55. The molecule has 1 aliphatic carbocycles. The van der Waals surface area contributed by atoms with E-state index in [4.69, 9.17) is 16.3 Å². The Bertz CT molecular complexity index is 778. The number of nitrogens with zero attached hydrogens (tertiary/aromatic N) is 1. The standard InChI is InChI=1S/C18H26ClFN2O4S/c1-12(13-8-6-4-5-7-9-13)26-17-11-16(20)14(10-15(17)19)18(23)21-27(24,25)22(2)3/h10-13H,4-9H2,1-3H3,(H,21,23). The van der Waals surface area contributed by atoms with Gasteiger partial charge in [-0.2, -0.15) is 12.7 Å². The summed E-state index contributed by atoms with van der Waals surface area (Å²) < 4.78 is 46.3. The van der Waals surface area contributed by atoms with Gasteiger partial charge in [0.05, 0.1) is 16.7 Å². The highest BCUT2D eigenvalue weighted by Gasteiger charge is 2.25. The Labute approximate surface area is 165 Å². The van der Waals surface area contributed by atoms with Crippen molar-refractivity contribution in [3.8, 4) is 5.75 Å². The molecule has 1 fully saturated rings. The molecule has 27 heavy (non-hydrogen) atoms. The highest BCUT2D eigenvalue weighted by molar-refractivity contribution is 7.87. The predicted molar refractivity (Wildman–Crippen MR) is 103 cm³/mol. The predicted octanol–water partition coefficient (Wildman–Crippen LogP) is 3.75. The zero-order valence-electron chi connectivity index (χ0n) is 15.8. The SMILES string of the molecule is CC(Oc1cc(F)c(C(=O)NS(=O)(=O)N(C)C)cc1Cl)C1CCCCCC1. The number of hydrogen-bond donors (Lipinski definition) is 1. The van der Waals surface area contributed by atoms with E-state index in [1.54, 1.807) is 4.72 Å². The van der Waals surface area contributed by atoms with Crippen LogP contribution < -0.4 is 9.46 Å². The lowest BCUT2D eigenvalue weighted by Crippen LogP contribution is -2.39. The Morgan fingerprint density at radius 2 is 1.85 bits per heavy atom. The fourth-order valence-corrected chi connectivity index (χ4v) is 3.87. The second-order valence-corrected chi connectivity index (χ2v) is 9.35. The van der Waals surface area contributed by atoms with Gasteiger partial charge in [0.2, 0.25) is 0 Å². The van der Waals surface area contributed by atoms with E-state index in [-0.39, 0.29) is 16.9 Å². The molecule has 0 aliphatic heterocycles. The highest BCUT2D eigenvalue weighted by Crippen LogP contribution is 2.32. The van der Waals surface area contributed by atoms with Gasteiger partial charge in [0.25, 0.3) is 5.91 Å². The first-order chi connectivity index (χ1) is 12.6. The number of rotatable bonds is 6. The number of hydrogen-bond acceptors (Lipinski definition) is 4. The summed E-state index contributed by atoms with van der Waals surface area (Å²) in [6.45, 7) is 1.94. The first-order valence-electron chi connectivity index (χ1n) is 9.02. The van der Waals surface area contributed by atoms with Gasteiger partial charge >= 0.3 is 10.2 Å². The summed E-state index contributed by atoms with van der Waals surface area (Å²) in [4.78, 5) is 12.1. The van der Waals surface area contributed by atoms with Gasteiger partial charge in [-0.1, -0.05) is 37.3 Å². The smallest absolute Gasteiger partial charge is 0.303 e. The zero-order valence-corrected chi connectivity index (χ0v) is 17.4. The van der Waals surface area contributed by atoms with E-state index in [1.165, 1.54) is 26.9 Å². The van der Waals surface area contributed by atoms with E-state index in [1.807, 2.05) is 6.92 Å². The van der Waals surface area contributed by atoms with Crippen LogP contribution in [0.2, 0.25) is 5.02 Å². The Kier molecular flexibility index (Phi) is 7.47. The minimum Gasteiger partial charge on any atom is -0.489 e. The lowest BCUT2D eigenvalue weighted by molar-refractivity contribution is 0.0975. The van der Waals surface area contributed by atoms with Crippen molar-refractivity contribution in [2.75, 3.05) is 14.1 Å². The van der Waals surface area contributed by atoms with E-state index >= 15 is 0 Å². The molecule has 0 saturated heterocycles. The summed E-state index contributed by atoms with van der Waals surface area (Å²) in [5.41, 5.74) is -0.458. The van der Waals surface area contributed by atoms with Crippen molar-refractivity contribution in [2.24, 2.45) is 5.92 Å². The quantitative estimate of drug-likeness (QED) is 0.711. The van der Waals surface area contributed by atoms with Crippen molar-refractivity contribution in [1.82, 2.24) is 9.03 Å². The number of carbonyl (C=O) groups excluding carboxylic acids is 1. The largest absolute Gasteiger partial charge is 0.489 e. The van der Waals surface area contributed by atoms with Gasteiger partial charge in [-0.15, -0.1) is 0 Å². The Hall–Kier alpha value is -1.38. The molecule has 1 aromatic rings. The molecule has 1 aliphatic rings. The lowest BCUT2D eigenvalue weighted by Gasteiger charge is -2.24. The maximum Gasteiger partial charge on any atom is 0.303 e. The van der Waals surface area contributed by atoms with Crippen molar-refractivity contribution in [2.45, 2.75) is 51.6 Å². The van der Waals surface area contributed by atoms with Crippen LogP contribution in [0.4, 0.5) is 4.39 Å². The summed E-state index contributed by atoms with van der Waals surface area (Å²) in [6, 6.07) is 2.12. The lowest BCUT2D eigenvalue weighted by atomic mass is 9.95. The number of carbonyl (C=O) groups is 1. The van der Waals surface area contributed by atoms with Crippen molar-refractivity contribution in [3.63, 3.8) is 0 Å². The third kappa shape index (κ3) is 5.80. The molecule has 152 valence electrons. The maximum absolute atomic E-state index is 14.4. The van der Waals surface area contributed by atoms with Crippen LogP contribution in [0.25, 0.3) is 0 Å². The molecule has 1 amide bonds. The normalized spacial score (nSPS) is 17.4. The number of ether oxygens (including phenoxy) is 1. The first kappa shape index (κ1) is 21.9. The summed E-state index contributed by atoms with van der Waals surface area (Å²) in [5, 5.41) is 0.0595. The van der Waals surface area contributed by atoms with Crippen molar-refractivity contribution in [3.05, 3.63) is 28.5 Å². The maximum atomic E-state index is 14.4. The molecule has 1 unspecified atom stereocenters. The van der Waals surface area contributed by atoms with Crippen molar-refractivity contribution in [1.29, 1.82) is 0 Å². The van der Waals surface area contributed by atoms with Crippen LogP contribution in [0.5, 0.6) is 5.75 Å². The number of amides is 1. The second kappa shape index (κ2) is 9.21. The molecule has 1 atom stereocenters. The Morgan fingerprint density at radius 1 is 1.26 bits per heavy atom. The topological polar surface area (TPSA) is 75.7 Å². The van der Waals surface area contributed by atoms with Gasteiger partial charge in [0.15, 0.2) is 0 Å². The van der Waals surface area contributed by atoms with Crippen LogP contribution in [0.1, 0.15) is 55.8 Å². The fraction of sp³-hybridized carbons (Fsp3) is 0.611. The molecule has 0 bridgehead atoms. The van der Waals surface area contributed by atoms with E-state index in [0.717, 1.165) is 42.1 Å². The zero-order chi connectivity index (χ0) is 20.2. The monoisotopic (exact) mass is 420 g/mol. The molecule has 0 heterocycles. The fourth-order valence-electron chi connectivity index (χ4n) is 3.13. The van der Waals surface area contributed by atoms with Crippen LogP contribution in [-0.2, 0) is 10.2 Å². The van der Waals surface area contributed by atoms with Gasteiger partial charge in [0.1, 0.15) is 11.6 Å². The first-order valence-corrected chi connectivity index (χ1v) is 10.8. The van der Waals surface area contributed by atoms with Crippen LogP contribution >= 0.6 is 11.6 Å². The molecule has 0 spiro atoms. The summed E-state index contributed by atoms with van der Waals surface area (Å²) >= 11 is 6.16. The molecule has 1 aromatic carbocycles. The van der Waals surface area contributed by atoms with Gasteiger partial charge in [-0.25, -0.2) is 9.11 Å². The average molecular weight is 421 g/mol. The highest BCUT2D eigenvalue weighted by atomic mass is 35.5. The van der Waals surface area contributed by atoms with Crippen molar-refractivity contribution < 1.29 is 22.3 Å². The van der Waals surface area contributed by atoms with E-state index in [9.17, 15) is 17.6 Å². The Morgan fingerprint density at radius 3 is 2.41 bits per heavy atom. The van der Waals surface area contributed by atoms with Crippen LogP contribution in [0.3, 0.4) is 0 Å². The second-order valence-electron chi connectivity index (χ2n) is 7.06. The van der Waals surface area contributed by atoms with Gasteiger partial charge in [-0.05, 0) is 31.7 Å². The number of halogens is 2. The van der Waals surface area contributed by atoms with Crippen molar-refractivity contribution >= 4 is 27.7 Å². The molecular weight excluding hydrogens is 395 g/mol. The van der Waals surface area contributed by atoms with Crippen LogP contribution in [0.15, 0.2) is 12.1 Å². The van der Waals surface area contributed by atoms with Gasteiger partial charge < -0.3 is 4.74 Å². The van der Waals surface area contributed by atoms with Gasteiger partial charge in [-0.3, -0.25) is 4.79 Å². The molecule has 1 saturated carbocycles.